The fraction of sp³-hybridized carbons (Fsp3) is 0.529. The Balaban J connectivity index is 1.61. The minimum atomic E-state index is 0.663. The molecule has 2 aromatic rings. The number of aromatic nitrogens is 2. The summed E-state index contributed by atoms with van der Waals surface area (Å²) in [5.41, 5.74) is 1.51. The lowest BCUT2D eigenvalue weighted by Crippen LogP contribution is -2.29. The van der Waals surface area contributed by atoms with E-state index in [9.17, 15) is 4.79 Å². The highest BCUT2D eigenvalue weighted by molar-refractivity contribution is 5.83. The van der Waals surface area contributed by atoms with Gasteiger partial charge >= 0.3 is 0 Å². The molecule has 4 nitrogen and oxygen atoms in total. The van der Waals surface area contributed by atoms with E-state index in [1.807, 2.05) is 28.8 Å². The van der Waals surface area contributed by atoms with E-state index in [1.54, 1.807) is 0 Å². The number of aldehydes is 1. The second-order valence-corrected chi connectivity index (χ2v) is 6.68. The quantitative estimate of drug-likeness (QED) is 0.809. The number of anilines is 1. The van der Waals surface area contributed by atoms with E-state index >= 15 is 0 Å². The Bertz CT molecular complexity index is 678. The molecule has 2 saturated carbocycles. The Labute approximate surface area is 124 Å². The van der Waals surface area contributed by atoms with Gasteiger partial charge in [0.25, 0.3) is 0 Å². The Morgan fingerprint density at radius 3 is 3.00 bits per heavy atom. The van der Waals surface area contributed by atoms with Crippen LogP contribution >= 0.6 is 0 Å². The van der Waals surface area contributed by atoms with Gasteiger partial charge in [0.05, 0.1) is 0 Å². The third-order valence-corrected chi connectivity index (χ3v) is 5.41. The number of carbonyl (C=O) groups is 1. The van der Waals surface area contributed by atoms with Crippen molar-refractivity contribution in [1.29, 1.82) is 0 Å². The van der Waals surface area contributed by atoms with Gasteiger partial charge in [-0.1, -0.05) is 12.5 Å². The summed E-state index contributed by atoms with van der Waals surface area (Å²) in [6.45, 7) is 1.02. The van der Waals surface area contributed by atoms with Crippen LogP contribution in [0.1, 0.15) is 36.2 Å². The zero-order chi connectivity index (χ0) is 14.4. The van der Waals surface area contributed by atoms with Crippen molar-refractivity contribution in [3.8, 4) is 0 Å². The van der Waals surface area contributed by atoms with Crippen molar-refractivity contribution in [1.82, 2.24) is 9.38 Å². The highest BCUT2D eigenvalue weighted by Crippen LogP contribution is 2.48. The molecular formula is C17H21N3O. The molecular weight excluding hydrogens is 262 g/mol. The smallest absolute Gasteiger partial charge is 0.170 e. The molecule has 2 aliphatic carbocycles. The van der Waals surface area contributed by atoms with Crippen molar-refractivity contribution in [2.75, 3.05) is 18.5 Å². The maximum absolute atomic E-state index is 11.5. The van der Waals surface area contributed by atoms with Crippen LogP contribution in [0.15, 0.2) is 24.4 Å². The molecule has 0 N–H and O–H groups in total. The minimum Gasteiger partial charge on any atom is -0.357 e. The molecule has 0 aromatic carbocycles. The van der Waals surface area contributed by atoms with E-state index in [1.165, 1.54) is 25.7 Å². The normalized spacial score (nSPS) is 27.4. The average Bonchev–Trinajstić information content (AvgIpc) is 3.19. The van der Waals surface area contributed by atoms with Crippen LogP contribution in [0.3, 0.4) is 0 Å². The molecule has 0 radical (unpaired) electrons. The third kappa shape index (κ3) is 2.04. The van der Waals surface area contributed by atoms with E-state index in [0.29, 0.717) is 5.69 Å². The molecule has 0 spiro atoms. The maximum Gasteiger partial charge on any atom is 0.170 e. The van der Waals surface area contributed by atoms with Crippen LogP contribution in [0.25, 0.3) is 5.65 Å². The van der Waals surface area contributed by atoms with Gasteiger partial charge in [-0.15, -0.1) is 0 Å². The zero-order valence-electron chi connectivity index (χ0n) is 12.4. The number of hydrogen-bond acceptors (Lipinski definition) is 3. The van der Waals surface area contributed by atoms with E-state index in [2.05, 4.69) is 16.9 Å². The highest BCUT2D eigenvalue weighted by Gasteiger charge is 2.40. The van der Waals surface area contributed by atoms with Crippen LogP contribution in [0.4, 0.5) is 5.82 Å². The zero-order valence-corrected chi connectivity index (χ0v) is 12.4. The maximum atomic E-state index is 11.5. The fourth-order valence-electron chi connectivity index (χ4n) is 4.43. The molecule has 2 heterocycles. The van der Waals surface area contributed by atoms with E-state index in [-0.39, 0.29) is 0 Å². The summed E-state index contributed by atoms with van der Waals surface area (Å²) in [6.07, 6.45) is 8.43. The first kappa shape index (κ1) is 12.9. The highest BCUT2D eigenvalue weighted by atomic mass is 16.1. The molecule has 0 amide bonds. The van der Waals surface area contributed by atoms with Crippen LogP contribution in [0.5, 0.6) is 0 Å². The minimum absolute atomic E-state index is 0.663. The Hall–Kier alpha value is -1.84. The summed E-state index contributed by atoms with van der Waals surface area (Å²) in [5.74, 6) is 3.45. The van der Waals surface area contributed by atoms with E-state index in [4.69, 9.17) is 0 Å². The first-order valence-corrected chi connectivity index (χ1v) is 7.89. The van der Waals surface area contributed by atoms with Gasteiger partial charge in [-0.05, 0) is 49.1 Å². The standard InChI is InChI=1S/C17H21N3O/c1-19(10-14-9-12-5-6-13(14)8-12)17-15(11-21)20-7-3-2-4-16(20)18-17/h2-4,7,11-14H,5-6,8-10H2,1H3. The molecule has 4 rings (SSSR count). The number of nitrogens with zero attached hydrogens (tertiary/aromatic N) is 3. The van der Waals surface area contributed by atoms with Crippen LogP contribution in [-0.4, -0.2) is 29.3 Å². The molecule has 3 unspecified atom stereocenters. The lowest BCUT2D eigenvalue weighted by molar-refractivity contribution is 0.111. The van der Waals surface area contributed by atoms with Gasteiger partial charge in [-0.25, -0.2) is 4.98 Å². The fourth-order valence-corrected chi connectivity index (χ4v) is 4.43. The molecule has 0 saturated heterocycles. The van der Waals surface area contributed by atoms with Gasteiger partial charge in [-0.3, -0.25) is 9.20 Å². The Kier molecular flexibility index (Phi) is 2.98. The molecule has 0 aliphatic heterocycles. The van der Waals surface area contributed by atoms with Crippen molar-refractivity contribution in [3.05, 3.63) is 30.1 Å². The molecule has 110 valence electrons. The van der Waals surface area contributed by atoms with Crippen LogP contribution in [0.2, 0.25) is 0 Å². The van der Waals surface area contributed by atoms with E-state index in [0.717, 1.165) is 42.0 Å². The molecule has 2 aromatic heterocycles. The predicted octanol–water partition coefficient (Wildman–Crippen LogP) is 3.02. The van der Waals surface area contributed by atoms with Crippen molar-refractivity contribution < 1.29 is 4.79 Å². The topological polar surface area (TPSA) is 37.6 Å². The monoisotopic (exact) mass is 283 g/mol. The number of fused-ring (bicyclic) bond motifs is 3. The summed E-state index contributed by atoms with van der Waals surface area (Å²) in [7, 11) is 2.07. The first-order valence-electron chi connectivity index (χ1n) is 7.89. The van der Waals surface area contributed by atoms with Gasteiger partial charge in [0.2, 0.25) is 0 Å². The molecule has 4 heteroatoms. The summed E-state index contributed by atoms with van der Waals surface area (Å²) in [6, 6.07) is 5.83. The summed E-state index contributed by atoms with van der Waals surface area (Å²) in [5, 5.41) is 0. The largest absolute Gasteiger partial charge is 0.357 e. The average molecular weight is 283 g/mol. The van der Waals surface area contributed by atoms with Gasteiger partial charge in [-0.2, -0.15) is 0 Å². The number of pyridine rings is 1. The Morgan fingerprint density at radius 1 is 1.38 bits per heavy atom. The second-order valence-electron chi connectivity index (χ2n) is 6.68. The number of hydrogen-bond donors (Lipinski definition) is 0. The lowest BCUT2D eigenvalue weighted by Gasteiger charge is -2.27. The summed E-state index contributed by atoms with van der Waals surface area (Å²) in [4.78, 5) is 18.3. The molecule has 3 atom stereocenters. The van der Waals surface area contributed by atoms with E-state index < -0.39 is 0 Å². The van der Waals surface area contributed by atoms with Gasteiger partial charge in [0, 0.05) is 19.8 Å². The van der Waals surface area contributed by atoms with Gasteiger partial charge in [0.1, 0.15) is 11.3 Å². The second kappa shape index (κ2) is 4.86. The molecule has 2 bridgehead atoms. The van der Waals surface area contributed by atoms with Crippen LogP contribution in [-0.2, 0) is 0 Å². The molecule has 21 heavy (non-hydrogen) atoms. The number of imidazole rings is 1. The SMILES string of the molecule is CN(CC1CC2CCC1C2)c1nc2ccccn2c1C=O. The lowest BCUT2D eigenvalue weighted by atomic mass is 9.88. The van der Waals surface area contributed by atoms with Crippen molar-refractivity contribution in [3.63, 3.8) is 0 Å². The Morgan fingerprint density at radius 2 is 2.29 bits per heavy atom. The molecule has 2 aliphatic rings. The summed E-state index contributed by atoms with van der Waals surface area (Å²) >= 11 is 0. The van der Waals surface area contributed by atoms with Crippen LogP contribution < -0.4 is 4.90 Å². The van der Waals surface area contributed by atoms with Crippen molar-refractivity contribution in [2.24, 2.45) is 17.8 Å². The summed E-state index contributed by atoms with van der Waals surface area (Å²) < 4.78 is 1.87. The molecule has 2 fully saturated rings. The van der Waals surface area contributed by atoms with Crippen molar-refractivity contribution in [2.45, 2.75) is 25.7 Å². The first-order chi connectivity index (χ1) is 10.3. The van der Waals surface area contributed by atoms with Crippen LogP contribution in [0, 0.1) is 17.8 Å². The van der Waals surface area contributed by atoms with Gasteiger partial charge in [0.15, 0.2) is 12.1 Å². The van der Waals surface area contributed by atoms with Crippen molar-refractivity contribution >= 4 is 17.8 Å². The number of carbonyl (C=O) groups excluding carboxylic acids is 1. The van der Waals surface area contributed by atoms with Gasteiger partial charge < -0.3 is 4.90 Å². The number of rotatable bonds is 4. The third-order valence-electron chi connectivity index (χ3n) is 5.41. The predicted molar refractivity (Wildman–Crippen MR) is 82.8 cm³/mol.